The first-order valence-electron chi connectivity index (χ1n) is 9.83. The van der Waals surface area contributed by atoms with Crippen LogP contribution in [0.2, 0.25) is 5.02 Å². The van der Waals surface area contributed by atoms with Crippen molar-refractivity contribution in [1.29, 1.82) is 0 Å². The van der Waals surface area contributed by atoms with Gasteiger partial charge in [0.2, 0.25) is 0 Å². The van der Waals surface area contributed by atoms with Crippen molar-refractivity contribution >= 4 is 28.4 Å². The molecule has 5 nitrogen and oxygen atoms in total. The highest BCUT2D eigenvalue weighted by molar-refractivity contribution is 7.83. The lowest BCUT2D eigenvalue weighted by atomic mass is 9.67. The molecule has 1 unspecified atom stereocenters. The van der Waals surface area contributed by atoms with E-state index in [1.165, 1.54) is 12.3 Å². The number of rotatable bonds is 4. The number of hydrogen-bond acceptors (Lipinski definition) is 4. The fourth-order valence-corrected chi connectivity index (χ4v) is 5.77. The Morgan fingerprint density at radius 2 is 2.03 bits per heavy atom. The second-order valence-corrected chi connectivity index (χ2v) is 9.61. The zero-order valence-corrected chi connectivity index (χ0v) is 17.4. The summed E-state index contributed by atoms with van der Waals surface area (Å²) < 4.78 is 36.8. The van der Waals surface area contributed by atoms with Gasteiger partial charge < -0.3 is 9.64 Å². The summed E-state index contributed by atoms with van der Waals surface area (Å²) in [6.07, 6.45) is 5.73. The van der Waals surface area contributed by atoms with E-state index in [4.69, 9.17) is 16.3 Å². The molecule has 0 spiro atoms. The zero-order valence-electron chi connectivity index (χ0n) is 15.8. The lowest BCUT2D eigenvalue weighted by molar-refractivity contribution is 0.0659. The van der Waals surface area contributed by atoms with Crippen LogP contribution >= 0.6 is 11.6 Å². The first-order chi connectivity index (χ1) is 14.0. The number of halogens is 2. The molecule has 1 aromatic carbocycles. The maximum Gasteiger partial charge on any atom is 0.150 e. The largest absolute Gasteiger partial charge is 0.493 e. The highest BCUT2D eigenvalue weighted by Crippen LogP contribution is 2.47. The van der Waals surface area contributed by atoms with Crippen LogP contribution in [0.5, 0.6) is 5.75 Å². The van der Waals surface area contributed by atoms with Crippen LogP contribution in [0.15, 0.2) is 40.9 Å². The number of aromatic nitrogens is 1. The average Bonchev–Trinajstić information content (AvgIpc) is 2.74. The van der Waals surface area contributed by atoms with E-state index in [-0.39, 0.29) is 16.1 Å². The lowest BCUT2D eigenvalue weighted by Gasteiger charge is -2.54. The third-order valence-corrected chi connectivity index (χ3v) is 7.36. The quantitative estimate of drug-likeness (QED) is 0.723. The summed E-state index contributed by atoms with van der Waals surface area (Å²) in [6.45, 7) is 1.34. The third-order valence-electron chi connectivity index (χ3n) is 6.25. The van der Waals surface area contributed by atoms with Gasteiger partial charge in [0.05, 0.1) is 16.2 Å². The van der Waals surface area contributed by atoms with Gasteiger partial charge in [-0.25, -0.2) is 8.60 Å². The first kappa shape index (κ1) is 19.0. The molecule has 0 amide bonds. The van der Waals surface area contributed by atoms with Crippen LogP contribution in [-0.4, -0.2) is 44.9 Å². The monoisotopic (exact) mass is 433 g/mol. The Morgan fingerprint density at radius 1 is 1.28 bits per heavy atom. The molecule has 2 saturated heterocycles. The Hall–Kier alpha value is -1.99. The van der Waals surface area contributed by atoms with Crippen LogP contribution in [0.1, 0.15) is 25.7 Å². The lowest BCUT2D eigenvalue weighted by Crippen LogP contribution is -2.62. The van der Waals surface area contributed by atoms with Gasteiger partial charge >= 0.3 is 0 Å². The molecule has 152 valence electrons. The van der Waals surface area contributed by atoms with E-state index in [0.29, 0.717) is 29.7 Å². The van der Waals surface area contributed by atoms with Gasteiger partial charge in [0.1, 0.15) is 34.9 Å². The molecule has 4 aliphatic rings. The second-order valence-electron chi connectivity index (χ2n) is 7.94. The summed E-state index contributed by atoms with van der Waals surface area (Å²) in [5, 5.41) is 0.272. The van der Waals surface area contributed by atoms with E-state index in [2.05, 4.69) is 14.3 Å². The number of pyridine rings is 1. The van der Waals surface area contributed by atoms with Crippen LogP contribution in [0, 0.1) is 11.2 Å². The van der Waals surface area contributed by atoms with Crippen LogP contribution in [0.4, 0.5) is 4.39 Å². The SMILES string of the molecule is O=S1CCN2C(=N1)C1(COc3ccc(-c4ncc(Cl)cc4F)cc3)CCC2CC1. The molecule has 1 saturated carbocycles. The average molecular weight is 434 g/mol. The van der Waals surface area contributed by atoms with Crippen LogP contribution in [0.25, 0.3) is 11.3 Å². The highest BCUT2D eigenvalue weighted by Gasteiger charge is 2.51. The summed E-state index contributed by atoms with van der Waals surface area (Å²) in [4.78, 5) is 6.44. The molecular formula is C21H21ClFN3O2S. The van der Waals surface area contributed by atoms with E-state index < -0.39 is 16.8 Å². The third kappa shape index (κ3) is 3.44. The fourth-order valence-electron chi connectivity index (χ4n) is 4.69. The summed E-state index contributed by atoms with van der Waals surface area (Å²) >= 11 is 5.78. The van der Waals surface area contributed by atoms with Gasteiger partial charge in [0.15, 0.2) is 5.82 Å². The number of piperidine rings is 2. The number of amidine groups is 1. The summed E-state index contributed by atoms with van der Waals surface area (Å²) in [5.74, 6) is 1.86. The maximum absolute atomic E-state index is 14.1. The number of fused-ring (bicyclic) bond motifs is 2. The van der Waals surface area contributed by atoms with Crippen molar-refractivity contribution in [2.75, 3.05) is 18.9 Å². The molecule has 4 heterocycles. The molecule has 1 atom stereocenters. The van der Waals surface area contributed by atoms with Crippen molar-refractivity contribution in [1.82, 2.24) is 9.88 Å². The minimum absolute atomic E-state index is 0.159. The molecule has 29 heavy (non-hydrogen) atoms. The Balaban J connectivity index is 1.34. The van der Waals surface area contributed by atoms with Crippen molar-refractivity contribution in [3.8, 4) is 17.0 Å². The molecule has 2 bridgehead atoms. The molecule has 0 radical (unpaired) electrons. The van der Waals surface area contributed by atoms with Crippen molar-refractivity contribution < 1.29 is 13.3 Å². The molecule has 1 aliphatic carbocycles. The number of benzene rings is 1. The molecule has 8 heteroatoms. The van der Waals surface area contributed by atoms with E-state index >= 15 is 0 Å². The second kappa shape index (κ2) is 7.36. The maximum atomic E-state index is 14.1. The molecule has 1 aromatic heterocycles. The van der Waals surface area contributed by atoms with Crippen molar-refractivity contribution in [3.63, 3.8) is 0 Å². The van der Waals surface area contributed by atoms with Gasteiger partial charge in [-0.3, -0.25) is 4.98 Å². The minimum Gasteiger partial charge on any atom is -0.493 e. The predicted octanol–water partition coefficient (Wildman–Crippen LogP) is 4.24. The number of ether oxygens (including phenoxy) is 1. The van der Waals surface area contributed by atoms with Gasteiger partial charge in [0.25, 0.3) is 0 Å². The van der Waals surface area contributed by atoms with Gasteiger partial charge in [-0.1, -0.05) is 11.6 Å². The van der Waals surface area contributed by atoms with Gasteiger partial charge in [0, 0.05) is 24.3 Å². The normalized spacial score (nSPS) is 28.1. The zero-order chi connectivity index (χ0) is 20.0. The fraction of sp³-hybridized carbons (Fsp3) is 0.429. The highest BCUT2D eigenvalue weighted by atomic mass is 35.5. The first-order valence-corrected chi connectivity index (χ1v) is 11.5. The van der Waals surface area contributed by atoms with Crippen molar-refractivity contribution in [2.45, 2.75) is 31.7 Å². The Labute approximate surface area is 176 Å². The molecular weight excluding hydrogens is 413 g/mol. The molecule has 3 aliphatic heterocycles. The van der Waals surface area contributed by atoms with Crippen molar-refractivity contribution in [2.24, 2.45) is 9.81 Å². The number of hydrogen-bond donors (Lipinski definition) is 0. The molecule has 2 aromatic rings. The van der Waals surface area contributed by atoms with Gasteiger partial charge in [-0.15, -0.1) is 0 Å². The minimum atomic E-state index is -1.12. The number of nitrogens with zero attached hydrogens (tertiary/aromatic N) is 3. The van der Waals surface area contributed by atoms with Gasteiger partial charge in [-0.05, 0) is 56.0 Å². The predicted molar refractivity (Wildman–Crippen MR) is 112 cm³/mol. The Kier molecular flexibility index (Phi) is 4.82. The molecule has 6 rings (SSSR count). The van der Waals surface area contributed by atoms with Crippen LogP contribution in [0.3, 0.4) is 0 Å². The van der Waals surface area contributed by atoms with E-state index in [0.717, 1.165) is 38.1 Å². The van der Waals surface area contributed by atoms with Crippen LogP contribution in [-0.2, 0) is 11.0 Å². The van der Waals surface area contributed by atoms with Crippen molar-refractivity contribution in [3.05, 3.63) is 47.4 Å². The van der Waals surface area contributed by atoms with E-state index in [9.17, 15) is 8.60 Å². The molecule has 3 fully saturated rings. The van der Waals surface area contributed by atoms with E-state index in [1.807, 2.05) is 12.1 Å². The Bertz CT molecular complexity index is 990. The summed E-state index contributed by atoms with van der Waals surface area (Å²) in [6, 6.07) is 9.04. The van der Waals surface area contributed by atoms with Crippen LogP contribution < -0.4 is 4.74 Å². The summed E-state index contributed by atoms with van der Waals surface area (Å²) in [7, 11) is -1.12. The standard InChI is InChI=1S/C21H21ClFN3O2S/c22-15-11-18(23)19(24-12-15)14-1-3-17(4-2-14)28-13-21-7-5-16(6-8-21)26-9-10-29(27)25-20(21)26/h1-4,11-12,16H,5-10,13H2. The summed E-state index contributed by atoms with van der Waals surface area (Å²) in [5.41, 5.74) is 0.772. The van der Waals surface area contributed by atoms with E-state index in [1.54, 1.807) is 12.1 Å². The topological polar surface area (TPSA) is 54.8 Å². The molecule has 0 N–H and O–H groups in total. The van der Waals surface area contributed by atoms with Gasteiger partial charge in [-0.2, -0.15) is 4.40 Å². The smallest absolute Gasteiger partial charge is 0.150 e. The Morgan fingerprint density at radius 3 is 2.76 bits per heavy atom.